The van der Waals surface area contributed by atoms with Crippen LogP contribution in [0, 0.1) is 19.3 Å². The zero-order valence-corrected chi connectivity index (χ0v) is 12.9. The molecule has 1 aliphatic heterocycles. The largest absolute Gasteiger partial charge is 0.323 e. The van der Waals surface area contributed by atoms with E-state index in [2.05, 4.69) is 50.8 Å². The SMILES string of the molecule is Cc1ccc(C)c(C(N)CN2CCCC(C)(C)C2)c1. The van der Waals surface area contributed by atoms with E-state index in [-0.39, 0.29) is 6.04 Å². The van der Waals surface area contributed by atoms with Gasteiger partial charge in [-0.1, -0.05) is 37.6 Å². The van der Waals surface area contributed by atoms with Crippen molar-refractivity contribution < 1.29 is 0 Å². The summed E-state index contributed by atoms with van der Waals surface area (Å²) in [5, 5.41) is 0. The van der Waals surface area contributed by atoms with Crippen molar-refractivity contribution in [2.45, 2.75) is 46.6 Å². The van der Waals surface area contributed by atoms with Crippen LogP contribution in [0.1, 0.15) is 49.4 Å². The molecule has 1 saturated heterocycles. The molecule has 2 nitrogen and oxygen atoms in total. The highest BCUT2D eigenvalue weighted by molar-refractivity contribution is 5.33. The molecule has 106 valence electrons. The van der Waals surface area contributed by atoms with Crippen LogP contribution >= 0.6 is 0 Å². The van der Waals surface area contributed by atoms with Crippen LogP contribution in [-0.4, -0.2) is 24.5 Å². The standard InChI is InChI=1S/C17H28N2/c1-13-6-7-14(2)15(10-13)16(18)11-19-9-5-8-17(3,4)12-19/h6-7,10,16H,5,8-9,11-12,18H2,1-4H3. The molecule has 1 aliphatic rings. The van der Waals surface area contributed by atoms with Crippen molar-refractivity contribution in [2.24, 2.45) is 11.1 Å². The van der Waals surface area contributed by atoms with Gasteiger partial charge in [-0.3, -0.25) is 0 Å². The second kappa shape index (κ2) is 5.64. The molecular weight excluding hydrogens is 232 g/mol. The summed E-state index contributed by atoms with van der Waals surface area (Å²) in [6, 6.07) is 6.73. The maximum atomic E-state index is 6.44. The second-order valence-electron chi connectivity index (χ2n) is 6.97. The molecule has 2 N–H and O–H groups in total. The van der Waals surface area contributed by atoms with Crippen LogP contribution in [0.3, 0.4) is 0 Å². The van der Waals surface area contributed by atoms with Crippen LogP contribution < -0.4 is 5.73 Å². The molecule has 19 heavy (non-hydrogen) atoms. The van der Waals surface area contributed by atoms with Crippen LogP contribution in [0.4, 0.5) is 0 Å². The van der Waals surface area contributed by atoms with Crippen LogP contribution in [0.5, 0.6) is 0 Å². The number of aryl methyl sites for hydroxylation is 2. The number of rotatable bonds is 3. The fourth-order valence-corrected chi connectivity index (χ4v) is 3.24. The first-order valence-electron chi connectivity index (χ1n) is 7.42. The average Bonchev–Trinajstić information content (AvgIpc) is 2.31. The smallest absolute Gasteiger partial charge is 0.0427 e. The van der Waals surface area contributed by atoms with Gasteiger partial charge in [-0.15, -0.1) is 0 Å². The molecular formula is C17H28N2. The van der Waals surface area contributed by atoms with Gasteiger partial charge in [-0.05, 0) is 49.8 Å². The number of likely N-dealkylation sites (tertiary alicyclic amines) is 1. The molecule has 0 aromatic heterocycles. The molecule has 1 aromatic carbocycles. The van der Waals surface area contributed by atoms with E-state index in [4.69, 9.17) is 5.73 Å². The summed E-state index contributed by atoms with van der Waals surface area (Å²) in [4.78, 5) is 2.54. The lowest BCUT2D eigenvalue weighted by Gasteiger charge is -2.39. The number of hydrogen-bond acceptors (Lipinski definition) is 2. The molecule has 2 rings (SSSR count). The van der Waals surface area contributed by atoms with Gasteiger partial charge in [0.1, 0.15) is 0 Å². The van der Waals surface area contributed by atoms with Crippen molar-refractivity contribution >= 4 is 0 Å². The minimum absolute atomic E-state index is 0.133. The molecule has 1 fully saturated rings. The molecule has 0 amide bonds. The van der Waals surface area contributed by atoms with Crippen LogP contribution in [-0.2, 0) is 0 Å². The zero-order chi connectivity index (χ0) is 14.0. The summed E-state index contributed by atoms with van der Waals surface area (Å²) in [7, 11) is 0. The predicted octanol–water partition coefficient (Wildman–Crippen LogP) is 3.43. The second-order valence-corrected chi connectivity index (χ2v) is 6.97. The minimum atomic E-state index is 0.133. The van der Waals surface area contributed by atoms with Crippen molar-refractivity contribution in [1.29, 1.82) is 0 Å². The van der Waals surface area contributed by atoms with Gasteiger partial charge in [0.25, 0.3) is 0 Å². The first-order valence-corrected chi connectivity index (χ1v) is 7.42. The quantitative estimate of drug-likeness (QED) is 0.902. The molecule has 1 heterocycles. The van der Waals surface area contributed by atoms with E-state index in [1.54, 1.807) is 0 Å². The maximum Gasteiger partial charge on any atom is 0.0427 e. The third-order valence-corrected chi connectivity index (χ3v) is 4.27. The monoisotopic (exact) mass is 260 g/mol. The predicted molar refractivity (Wildman–Crippen MR) is 82.3 cm³/mol. The van der Waals surface area contributed by atoms with Gasteiger partial charge < -0.3 is 10.6 Å². The Balaban J connectivity index is 2.04. The number of nitrogens with two attached hydrogens (primary N) is 1. The number of nitrogens with zero attached hydrogens (tertiary/aromatic N) is 1. The van der Waals surface area contributed by atoms with Crippen LogP contribution in [0.2, 0.25) is 0 Å². The summed E-state index contributed by atoms with van der Waals surface area (Å²) >= 11 is 0. The zero-order valence-electron chi connectivity index (χ0n) is 12.9. The summed E-state index contributed by atoms with van der Waals surface area (Å²) < 4.78 is 0. The van der Waals surface area contributed by atoms with E-state index in [9.17, 15) is 0 Å². The van der Waals surface area contributed by atoms with E-state index in [1.165, 1.54) is 42.6 Å². The summed E-state index contributed by atoms with van der Waals surface area (Å²) in [6.45, 7) is 12.4. The number of benzene rings is 1. The highest BCUT2D eigenvalue weighted by Gasteiger charge is 2.27. The molecule has 0 saturated carbocycles. The highest BCUT2D eigenvalue weighted by Crippen LogP contribution is 2.29. The minimum Gasteiger partial charge on any atom is -0.323 e. The lowest BCUT2D eigenvalue weighted by molar-refractivity contribution is 0.112. The molecule has 0 spiro atoms. The topological polar surface area (TPSA) is 29.3 Å². The Morgan fingerprint density at radius 1 is 1.32 bits per heavy atom. The number of hydrogen-bond donors (Lipinski definition) is 1. The van der Waals surface area contributed by atoms with E-state index in [0.29, 0.717) is 5.41 Å². The Bertz CT molecular complexity index is 437. The van der Waals surface area contributed by atoms with E-state index in [1.807, 2.05) is 0 Å². The molecule has 0 radical (unpaired) electrons. The van der Waals surface area contributed by atoms with Crippen molar-refractivity contribution in [2.75, 3.05) is 19.6 Å². The lowest BCUT2D eigenvalue weighted by Crippen LogP contribution is -2.43. The Kier molecular flexibility index (Phi) is 4.32. The number of piperidine rings is 1. The van der Waals surface area contributed by atoms with Crippen molar-refractivity contribution in [3.63, 3.8) is 0 Å². The van der Waals surface area contributed by atoms with Crippen molar-refractivity contribution in [3.05, 3.63) is 34.9 Å². The van der Waals surface area contributed by atoms with E-state index < -0.39 is 0 Å². The van der Waals surface area contributed by atoms with Crippen molar-refractivity contribution in [1.82, 2.24) is 4.90 Å². The Morgan fingerprint density at radius 3 is 2.74 bits per heavy atom. The highest BCUT2D eigenvalue weighted by atomic mass is 15.1. The Labute approximate surface area is 118 Å². The fraction of sp³-hybridized carbons (Fsp3) is 0.647. The van der Waals surface area contributed by atoms with Gasteiger partial charge in [-0.25, -0.2) is 0 Å². The van der Waals surface area contributed by atoms with Crippen LogP contribution in [0.25, 0.3) is 0 Å². The molecule has 1 atom stereocenters. The molecule has 2 heteroatoms. The summed E-state index contributed by atoms with van der Waals surface area (Å²) in [5.41, 5.74) is 10.8. The molecule has 0 bridgehead atoms. The third kappa shape index (κ3) is 3.80. The third-order valence-electron chi connectivity index (χ3n) is 4.27. The van der Waals surface area contributed by atoms with E-state index in [0.717, 1.165) is 6.54 Å². The van der Waals surface area contributed by atoms with Crippen LogP contribution in [0.15, 0.2) is 18.2 Å². The normalized spacial score (nSPS) is 21.3. The van der Waals surface area contributed by atoms with Gasteiger partial charge in [-0.2, -0.15) is 0 Å². The van der Waals surface area contributed by atoms with Gasteiger partial charge in [0.05, 0.1) is 0 Å². The van der Waals surface area contributed by atoms with Gasteiger partial charge in [0.2, 0.25) is 0 Å². The van der Waals surface area contributed by atoms with Gasteiger partial charge >= 0.3 is 0 Å². The fourth-order valence-electron chi connectivity index (χ4n) is 3.24. The summed E-state index contributed by atoms with van der Waals surface area (Å²) in [5.74, 6) is 0. The summed E-state index contributed by atoms with van der Waals surface area (Å²) in [6.07, 6.45) is 2.63. The van der Waals surface area contributed by atoms with E-state index >= 15 is 0 Å². The first-order chi connectivity index (χ1) is 8.87. The van der Waals surface area contributed by atoms with Gasteiger partial charge in [0.15, 0.2) is 0 Å². The molecule has 1 unspecified atom stereocenters. The average molecular weight is 260 g/mol. The lowest BCUT2D eigenvalue weighted by atomic mass is 9.84. The molecule has 1 aromatic rings. The first kappa shape index (κ1) is 14.5. The Morgan fingerprint density at radius 2 is 2.05 bits per heavy atom. The van der Waals surface area contributed by atoms with Crippen molar-refractivity contribution in [3.8, 4) is 0 Å². The Hall–Kier alpha value is -0.860. The maximum absolute atomic E-state index is 6.44. The molecule has 0 aliphatic carbocycles. The van der Waals surface area contributed by atoms with Gasteiger partial charge in [0, 0.05) is 19.1 Å².